The number of rotatable bonds is 3. The Kier molecular flexibility index (Phi) is 4.37. The first-order chi connectivity index (χ1) is 16.0. The van der Waals surface area contributed by atoms with Crippen LogP contribution in [0.2, 0.25) is 0 Å². The highest BCUT2D eigenvalue weighted by Gasteiger charge is 2.36. The molecule has 0 radical (unpaired) electrons. The van der Waals surface area contributed by atoms with E-state index in [4.69, 9.17) is 9.47 Å². The number of benzene rings is 3. The standard InChI is InChI=1S/C27H21NO5/c1-15-7-16(9-17-12-24(29)33-27(17)31)25-21-10-18-13-28(20-5-3-2-4-6-20)26(30)22(18)11-19(21)14-32-23(25)8-15/h2-8,10-11,17H,9,12-14H2,1H3. The van der Waals surface area contributed by atoms with Gasteiger partial charge in [0.25, 0.3) is 5.91 Å². The highest BCUT2D eigenvalue weighted by atomic mass is 16.6. The molecule has 6 heteroatoms. The minimum atomic E-state index is -0.488. The van der Waals surface area contributed by atoms with Crippen molar-refractivity contribution in [1.82, 2.24) is 0 Å². The van der Waals surface area contributed by atoms with E-state index >= 15 is 0 Å². The van der Waals surface area contributed by atoms with Crippen molar-refractivity contribution in [1.29, 1.82) is 0 Å². The maximum absolute atomic E-state index is 13.1. The van der Waals surface area contributed by atoms with Gasteiger partial charge in [0.15, 0.2) is 0 Å². The first-order valence-electron chi connectivity index (χ1n) is 11.0. The van der Waals surface area contributed by atoms with Crippen molar-refractivity contribution in [2.24, 2.45) is 5.92 Å². The van der Waals surface area contributed by atoms with Crippen molar-refractivity contribution in [2.75, 3.05) is 4.90 Å². The molecular formula is C27H21NO5. The summed E-state index contributed by atoms with van der Waals surface area (Å²) in [5, 5.41) is 0. The van der Waals surface area contributed by atoms with E-state index in [-0.39, 0.29) is 12.3 Å². The van der Waals surface area contributed by atoms with E-state index in [0.717, 1.165) is 44.8 Å². The second-order valence-electron chi connectivity index (χ2n) is 8.88. The lowest BCUT2D eigenvalue weighted by Crippen LogP contribution is -2.22. The van der Waals surface area contributed by atoms with E-state index in [1.54, 1.807) is 4.90 Å². The van der Waals surface area contributed by atoms with Gasteiger partial charge in [-0.2, -0.15) is 0 Å². The Morgan fingerprint density at radius 2 is 1.76 bits per heavy atom. The molecule has 1 atom stereocenters. The van der Waals surface area contributed by atoms with Crippen LogP contribution in [0.15, 0.2) is 54.6 Å². The van der Waals surface area contributed by atoms with Crippen molar-refractivity contribution < 1.29 is 23.9 Å². The van der Waals surface area contributed by atoms with Gasteiger partial charge in [-0.15, -0.1) is 0 Å². The number of para-hydroxylation sites is 1. The van der Waals surface area contributed by atoms with Crippen LogP contribution in [0.25, 0.3) is 11.1 Å². The maximum Gasteiger partial charge on any atom is 0.317 e. The van der Waals surface area contributed by atoms with Crippen LogP contribution < -0.4 is 9.64 Å². The topological polar surface area (TPSA) is 72.9 Å². The van der Waals surface area contributed by atoms with Crippen LogP contribution in [0.3, 0.4) is 0 Å². The lowest BCUT2D eigenvalue weighted by molar-refractivity contribution is -0.153. The van der Waals surface area contributed by atoms with Gasteiger partial charge in [0.2, 0.25) is 0 Å². The molecule has 3 heterocycles. The van der Waals surface area contributed by atoms with Crippen molar-refractivity contribution in [3.8, 4) is 16.9 Å². The Labute approximate surface area is 190 Å². The molecule has 6 rings (SSSR count). The molecule has 1 unspecified atom stereocenters. The molecule has 1 fully saturated rings. The summed E-state index contributed by atoms with van der Waals surface area (Å²) in [4.78, 5) is 38.7. The summed E-state index contributed by atoms with van der Waals surface area (Å²) in [5.74, 6) is -0.676. The molecule has 0 bridgehead atoms. The molecule has 0 aliphatic carbocycles. The van der Waals surface area contributed by atoms with Gasteiger partial charge in [-0.05, 0) is 71.5 Å². The number of amides is 1. The van der Waals surface area contributed by atoms with E-state index in [2.05, 4.69) is 6.07 Å². The van der Waals surface area contributed by atoms with Crippen LogP contribution in [-0.2, 0) is 33.9 Å². The summed E-state index contributed by atoms with van der Waals surface area (Å²) >= 11 is 0. The molecule has 0 saturated carbocycles. The molecule has 3 aliphatic heterocycles. The summed E-state index contributed by atoms with van der Waals surface area (Å²) in [6.45, 7) is 2.87. The summed E-state index contributed by atoms with van der Waals surface area (Å²) in [6.07, 6.45) is 0.504. The number of carbonyl (C=O) groups is 3. The van der Waals surface area contributed by atoms with Gasteiger partial charge in [0.05, 0.1) is 18.9 Å². The van der Waals surface area contributed by atoms with Crippen LogP contribution in [0.4, 0.5) is 5.69 Å². The molecule has 3 aromatic carbocycles. The monoisotopic (exact) mass is 439 g/mol. The van der Waals surface area contributed by atoms with Crippen molar-refractivity contribution in [3.63, 3.8) is 0 Å². The van der Waals surface area contributed by atoms with Gasteiger partial charge < -0.3 is 14.4 Å². The van der Waals surface area contributed by atoms with Gasteiger partial charge in [0.1, 0.15) is 12.4 Å². The number of nitrogens with zero attached hydrogens (tertiary/aromatic N) is 1. The van der Waals surface area contributed by atoms with E-state index < -0.39 is 17.9 Å². The molecule has 0 spiro atoms. The Morgan fingerprint density at radius 3 is 2.52 bits per heavy atom. The number of anilines is 1. The molecular weight excluding hydrogens is 418 g/mol. The van der Waals surface area contributed by atoms with E-state index in [9.17, 15) is 14.4 Å². The zero-order valence-electron chi connectivity index (χ0n) is 18.1. The van der Waals surface area contributed by atoms with Crippen LogP contribution in [0.5, 0.6) is 5.75 Å². The Bertz CT molecular complexity index is 1340. The zero-order valence-corrected chi connectivity index (χ0v) is 18.1. The Morgan fingerprint density at radius 1 is 0.970 bits per heavy atom. The number of aryl methyl sites for hydroxylation is 1. The summed E-state index contributed by atoms with van der Waals surface area (Å²) in [5.41, 5.74) is 7.41. The number of ether oxygens (including phenoxy) is 2. The predicted molar refractivity (Wildman–Crippen MR) is 121 cm³/mol. The Balaban J connectivity index is 1.43. The molecule has 33 heavy (non-hydrogen) atoms. The number of hydrogen-bond acceptors (Lipinski definition) is 5. The number of fused-ring (bicyclic) bond motifs is 4. The lowest BCUT2D eigenvalue weighted by Gasteiger charge is -2.25. The van der Waals surface area contributed by atoms with Gasteiger partial charge in [-0.25, -0.2) is 0 Å². The third-order valence-electron chi connectivity index (χ3n) is 6.61. The SMILES string of the molecule is Cc1cc(CC2CC(=O)OC2=O)c2c(c1)OCc1cc3c(cc1-2)CN(c1ccccc1)C3=O. The fourth-order valence-corrected chi connectivity index (χ4v) is 5.08. The fourth-order valence-electron chi connectivity index (χ4n) is 5.08. The molecule has 1 amide bonds. The van der Waals surface area contributed by atoms with Gasteiger partial charge in [-0.1, -0.05) is 24.3 Å². The van der Waals surface area contributed by atoms with Crippen molar-refractivity contribution in [3.05, 3.63) is 82.4 Å². The van der Waals surface area contributed by atoms with Crippen LogP contribution in [0, 0.1) is 12.8 Å². The smallest absolute Gasteiger partial charge is 0.317 e. The first kappa shape index (κ1) is 19.7. The molecule has 1 saturated heterocycles. The average molecular weight is 439 g/mol. The molecule has 6 nitrogen and oxygen atoms in total. The predicted octanol–water partition coefficient (Wildman–Crippen LogP) is 4.35. The van der Waals surface area contributed by atoms with E-state index in [0.29, 0.717) is 25.1 Å². The number of hydrogen-bond donors (Lipinski definition) is 0. The summed E-state index contributed by atoms with van der Waals surface area (Å²) < 4.78 is 10.8. The van der Waals surface area contributed by atoms with Gasteiger partial charge in [0, 0.05) is 16.8 Å². The van der Waals surface area contributed by atoms with Crippen LogP contribution in [-0.4, -0.2) is 17.8 Å². The molecule has 164 valence electrons. The van der Waals surface area contributed by atoms with E-state index in [1.165, 1.54) is 0 Å². The van der Waals surface area contributed by atoms with Gasteiger partial charge in [-0.3, -0.25) is 14.4 Å². The highest BCUT2D eigenvalue weighted by Crippen LogP contribution is 2.44. The molecule has 3 aliphatic rings. The average Bonchev–Trinajstić information content (AvgIpc) is 3.29. The number of cyclic esters (lactones) is 2. The van der Waals surface area contributed by atoms with E-state index in [1.807, 2.05) is 55.5 Å². The number of carbonyl (C=O) groups excluding carboxylic acids is 3. The first-order valence-corrected chi connectivity index (χ1v) is 11.0. The second-order valence-corrected chi connectivity index (χ2v) is 8.88. The minimum absolute atomic E-state index is 0.0128. The third-order valence-corrected chi connectivity index (χ3v) is 6.61. The zero-order chi connectivity index (χ0) is 22.7. The fraction of sp³-hybridized carbons (Fsp3) is 0.222. The molecule has 3 aromatic rings. The summed E-state index contributed by atoms with van der Waals surface area (Å²) in [6, 6.07) is 17.7. The van der Waals surface area contributed by atoms with Gasteiger partial charge >= 0.3 is 11.9 Å². The minimum Gasteiger partial charge on any atom is -0.488 e. The van der Waals surface area contributed by atoms with Crippen molar-refractivity contribution >= 4 is 23.5 Å². The quantitative estimate of drug-likeness (QED) is 0.448. The largest absolute Gasteiger partial charge is 0.488 e. The molecule has 0 aromatic heterocycles. The summed E-state index contributed by atoms with van der Waals surface area (Å²) in [7, 11) is 0. The maximum atomic E-state index is 13.1. The van der Waals surface area contributed by atoms with Crippen LogP contribution in [0.1, 0.15) is 39.0 Å². The lowest BCUT2D eigenvalue weighted by atomic mass is 9.85. The number of esters is 2. The van der Waals surface area contributed by atoms with Crippen LogP contribution >= 0.6 is 0 Å². The highest BCUT2D eigenvalue weighted by molar-refractivity contribution is 6.10. The Hall–Kier alpha value is -3.93. The molecule has 0 N–H and O–H groups in total. The third kappa shape index (κ3) is 3.21. The second kappa shape index (κ2) is 7.30. The normalized spacial score (nSPS) is 18.5. The van der Waals surface area contributed by atoms with Crippen molar-refractivity contribution in [2.45, 2.75) is 32.9 Å².